The number of rotatable bonds is 1. The van der Waals surface area contributed by atoms with E-state index in [1.165, 1.54) is 25.7 Å². The first-order valence-corrected chi connectivity index (χ1v) is 5.85. The Kier molecular flexibility index (Phi) is 2.54. The number of carbonyl (C=O) groups is 1. The van der Waals surface area contributed by atoms with Crippen LogP contribution in [0, 0.1) is 17.3 Å². The summed E-state index contributed by atoms with van der Waals surface area (Å²) in [4.78, 5) is 11.2. The van der Waals surface area contributed by atoms with Crippen LogP contribution < -0.4 is 0 Å². The molecule has 0 heterocycles. The summed E-state index contributed by atoms with van der Waals surface area (Å²) < 4.78 is 0. The highest BCUT2D eigenvalue weighted by molar-refractivity contribution is 5.74. The predicted octanol–water partition coefficient (Wildman–Crippen LogP) is 3.07. The molecular weight excluding hydrogens is 176 g/mol. The van der Waals surface area contributed by atoms with E-state index < -0.39 is 11.4 Å². The van der Waals surface area contributed by atoms with Gasteiger partial charge in [-0.3, -0.25) is 4.79 Å². The smallest absolute Gasteiger partial charge is 0.309 e. The molecule has 0 spiro atoms. The molecule has 3 atom stereocenters. The number of carboxylic acid groups (broad SMARTS) is 1. The standard InChI is InChI=1S/C12H20O2/c1-12(11(13)14)7-6-9-4-2-3-5-10(9)8-12/h9-10H,2-8H2,1H3,(H,13,14)/t9-,10+,12?/m0/s1. The average molecular weight is 196 g/mol. The third-order valence-corrected chi connectivity index (χ3v) is 4.36. The van der Waals surface area contributed by atoms with E-state index in [-0.39, 0.29) is 0 Å². The largest absolute Gasteiger partial charge is 0.481 e. The van der Waals surface area contributed by atoms with Crippen molar-refractivity contribution < 1.29 is 9.90 Å². The Morgan fingerprint density at radius 2 is 1.86 bits per heavy atom. The molecule has 0 amide bonds. The average Bonchev–Trinajstić information content (AvgIpc) is 2.17. The molecule has 2 aliphatic rings. The van der Waals surface area contributed by atoms with Gasteiger partial charge in [-0.15, -0.1) is 0 Å². The van der Waals surface area contributed by atoms with Gasteiger partial charge >= 0.3 is 5.97 Å². The summed E-state index contributed by atoms with van der Waals surface area (Å²) >= 11 is 0. The molecule has 0 aliphatic heterocycles. The number of aliphatic carboxylic acids is 1. The molecular formula is C12H20O2. The first kappa shape index (κ1) is 10.0. The van der Waals surface area contributed by atoms with E-state index in [1.807, 2.05) is 6.92 Å². The van der Waals surface area contributed by atoms with Crippen LogP contribution in [0.1, 0.15) is 51.9 Å². The van der Waals surface area contributed by atoms with E-state index in [4.69, 9.17) is 0 Å². The molecule has 2 aliphatic carbocycles. The van der Waals surface area contributed by atoms with Crippen molar-refractivity contribution in [3.8, 4) is 0 Å². The van der Waals surface area contributed by atoms with Crippen LogP contribution in [0.5, 0.6) is 0 Å². The summed E-state index contributed by atoms with van der Waals surface area (Å²) in [5, 5.41) is 9.19. The molecule has 0 aromatic rings. The summed E-state index contributed by atoms with van der Waals surface area (Å²) in [6, 6.07) is 0. The number of carboxylic acids is 1. The molecule has 1 unspecified atom stereocenters. The van der Waals surface area contributed by atoms with Crippen molar-refractivity contribution >= 4 is 5.97 Å². The summed E-state index contributed by atoms with van der Waals surface area (Å²) in [5.41, 5.74) is -0.418. The van der Waals surface area contributed by atoms with Crippen molar-refractivity contribution in [1.82, 2.24) is 0 Å². The lowest BCUT2D eigenvalue weighted by atomic mass is 9.62. The Morgan fingerprint density at radius 1 is 1.21 bits per heavy atom. The quantitative estimate of drug-likeness (QED) is 0.699. The van der Waals surface area contributed by atoms with Crippen LogP contribution in [0.3, 0.4) is 0 Å². The predicted molar refractivity (Wildman–Crippen MR) is 55.0 cm³/mol. The van der Waals surface area contributed by atoms with Crippen molar-refractivity contribution in [3.05, 3.63) is 0 Å². The van der Waals surface area contributed by atoms with E-state index >= 15 is 0 Å². The molecule has 80 valence electrons. The molecule has 0 saturated heterocycles. The second-order valence-electron chi connectivity index (χ2n) is 5.41. The van der Waals surface area contributed by atoms with Gasteiger partial charge in [-0.1, -0.05) is 25.7 Å². The number of hydrogen-bond acceptors (Lipinski definition) is 1. The summed E-state index contributed by atoms with van der Waals surface area (Å²) in [6.45, 7) is 1.93. The van der Waals surface area contributed by atoms with Crippen LogP contribution in [0.15, 0.2) is 0 Å². The van der Waals surface area contributed by atoms with Crippen molar-refractivity contribution in [2.75, 3.05) is 0 Å². The maximum absolute atomic E-state index is 11.2. The Balaban J connectivity index is 2.05. The van der Waals surface area contributed by atoms with Gasteiger partial charge in [0.15, 0.2) is 0 Å². The Labute approximate surface area is 85.7 Å². The SMILES string of the molecule is CC1(C(=O)O)CC[C@@H]2CCCC[C@@H]2C1. The molecule has 0 aromatic heterocycles. The highest BCUT2D eigenvalue weighted by Gasteiger charge is 2.42. The molecule has 2 nitrogen and oxygen atoms in total. The molecule has 0 radical (unpaired) electrons. The van der Waals surface area contributed by atoms with Crippen LogP contribution >= 0.6 is 0 Å². The van der Waals surface area contributed by atoms with Gasteiger partial charge in [0.2, 0.25) is 0 Å². The summed E-state index contributed by atoms with van der Waals surface area (Å²) in [7, 11) is 0. The highest BCUT2D eigenvalue weighted by Crippen LogP contribution is 2.48. The van der Waals surface area contributed by atoms with Crippen molar-refractivity contribution in [1.29, 1.82) is 0 Å². The molecule has 2 fully saturated rings. The van der Waals surface area contributed by atoms with Crippen molar-refractivity contribution in [2.24, 2.45) is 17.3 Å². The first-order valence-electron chi connectivity index (χ1n) is 5.85. The molecule has 1 N–H and O–H groups in total. The third-order valence-electron chi connectivity index (χ3n) is 4.36. The van der Waals surface area contributed by atoms with Crippen molar-refractivity contribution in [2.45, 2.75) is 51.9 Å². The lowest BCUT2D eigenvalue weighted by molar-refractivity contribution is -0.152. The normalized spacial score (nSPS) is 42.9. The Hall–Kier alpha value is -0.530. The molecule has 14 heavy (non-hydrogen) atoms. The summed E-state index contributed by atoms with van der Waals surface area (Å²) in [6.07, 6.45) is 8.26. The number of hydrogen-bond donors (Lipinski definition) is 1. The highest BCUT2D eigenvalue weighted by atomic mass is 16.4. The zero-order valence-corrected chi connectivity index (χ0v) is 8.96. The first-order chi connectivity index (χ1) is 6.62. The van der Waals surface area contributed by atoms with E-state index in [9.17, 15) is 9.90 Å². The van der Waals surface area contributed by atoms with Gasteiger partial charge in [-0.05, 0) is 38.0 Å². The Morgan fingerprint density at radius 3 is 2.50 bits per heavy atom. The fourth-order valence-corrected chi connectivity index (χ4v) is 3.31. The third kappa shape index (κ3) is 1.67. The second-order valence-corrected chi connectivity index (χ2v) is 5.41. The second kappa shape index (κ2) is 3.56. The van der Waals surface area contributed by atoms with Gasteiger partial charge in [0.1, 0.15) is 0 Å². The van der Waals surface area contributed by atoms with E-state index in [0.717, 1.165) is 25.2 Å². The van der Waals surface area contributed by atoms with Gasteiger partial charge in [0, 0.05) is 0 Å². The maximum Gasteiger partial charge on any atom is 0.309 e. The minimum absolute atomic E-state index is 0.418. The molecule has 2 rings (SSSR count). The van der Waals surface area contributed by atoms with E-state index in [0.29, 0.717) is 5.92 Å². The summed E-state index contributed by atoms with van der Waals surface area (Å²) in [5.74, 6) is 0.969. The van der Waals surface area contributed by atoms with E-state index in [2.05, 4.69) is 0 Å². The lowest BCUT2D eigenvalue weighted by Gasteiger charge is -2.42. The lowest BCUT2D eigenvalue weighted by Crippen LogP contribution is -2.38. The minimum atomic E-state index is -0.582. The minimum Gasteiger partial charge on any atom is -0.481 e. The zero-order valence-electron chi connectivity index (χ0n) is 8.96. The molecule has 0 aromatic carbocycles. The molecule has 2 heteroatoms. The van der Waals surface area contributed by atoms with Crippen LogP contribution in [0.4, 0.5) is 0 Å². The van der Waals surface area contributed by atoms with Gasteiger partial charge < -0.3 is 5.11 Å². The van der Waals surface area contributed by atoms with Crippen LogP contribution in [-0.2, 0) is 4.79 Å². The van der Waals surface area contributed by atoms with Gasteiger partial charge in [-0.25, -0.2) is 0 Å². The topological polar surface area (TPSA) is 37.3 Å². The van der Waals surface area contributed by atoms with Crippen LogP contribution in [-0.4, -0.2) is 11.1 Å². The zero-order chi connectivity index (χ0) is 10.2. The van der Waals surface area contributed by atoms with Gasteiger partial charge in [-0.2, -0.15) is 0 Å². The molecule has 2 saturated carbocycles. The number of fused-ring (bicyclic) bond motifs is 1. The fraction of sp³-hybridized carbons (Fsp3) is 0.917. The van der Waals surface area contributed by atoms with E-state index in [1.54, 1.807) is 0 Å². The fourth-order valence-electron chi connectivity index (χ4n) is 3.31. The monoisotopic (exact) mass is 196 g/mol. The van der Waals surface area contributed by atoms with Crippen LogP contribution in [0.25, 0.3) is 0 Å². The molecule has 0 bridgehead atoms. The van der Waals surface area contributed by atoms with Gasteiger partial charge in [0.05, 0.1) is 5.41 Å². The van der Waals surface area contributed by atoms with Gasteiger partial charge in [0.25, 0.3) is 0 Å². The van der Waals surface area contributed by atoms with Crippen LogP contribution in [0.2, 0.25) is 0 Å². The maximum atomic E-state index is 11.2. The Bertz CT molecular complexity index is 236. The van der Waals surface area contributed by atoms with Crippen molar-refractivity contribution in [3.63, 3.8) is 0 Å².